The molecule has 0 radical (unpaired) electrons. The minimum atomic E-state index is -0.924. The van der Waals surface area contributed by atoms with Crippen LogP contribution in [0.2, 0.25) is 0 Å². The Labute approximate surface area is 196 Å². The van der Waals surface area contributed by atoms with Crippen LogP contribution in [0.1, 0.15) is 49.9 Å². The smallest absolute Gasteiger partial charge is 0.341 e. The number of phenols is 2. The molecule has 2 aliphatic heterocycles. The summed E-state index contributed by atoms with van der Waals surface area (Å²) in [4.78, 5) is 37.8. The van der Waals surface area contributed by atoms with Gasteiger partial charge in [0.2, 0.25) is 5.91 Å². The number of ether oxygens (including phenoxy) is 2. The van der Waals surface area contributed by atoms with Gasteiger partial charge in [-0.1, -0.05) is 13.0 Å². The third kappa shape index (κ3) is 2.89. The highest BCUT2D eigenvalue weighted by atomic mass is 16.5. The maximum absolute atomic E-state index is 13.1. The standard InChI is InChI=1S/C25H29NO8/c1-23(8-7-17(29)26-18-14(27)5-4-12(19(18)30)22(32)33-3)16(28)6-9-25-11-24(2)13(21(25)31)10-15(34-24)20(23)25/h4-6,9,13,15,20-21,27,30-31H,7-8,10-11H2,1-3H3,(H,26,29)/t13?,15-,20?,21+,23+,24+,25?/m0/s1. The van der Waals surface area contributed by atoms with Crippen molar-refractivity contribution in [2.24, 2.45) is 22.7 Å². The number of aromatic hydroxyl groups is 2. The van der Waals surface area contributed by atoms with Crippen LogP contribution in [0.25, 0.3) is 0 Å². The van der Waals surface area contributed by atoms with Crippen molar-refractivity contribution in [3.8, 4) is 11.5 Å². The van der Waals surface area contributed by atoms with Gasteiger partial charge in [0, 0.05) is 29.1 Å². The Morgan fingerprint density at radius 3 is 2.68 bits per heavy atom. The van der Waals surface area contributed by atoms with Gasteiger partial charge in [0.05, 0.1) is 24.9 Å². The lowest BCUT2D eigenvalue weighted by atomic mass is 9.50. The van der Waals surface area contributed by atoms with Gasteiger partial charge in [-0.25, -0.2) is 4.79 Å². The summed E-state index contributed by atoms with van der Waals surface area (Å²) in [6, 6.07) is 2.36. The molecule has 4 bridgehead atoms. The maximum Gasteiger partial charge on any atom is 0.341 e. The first-order valence-electron chi connectivity index (χ1n) is 11.5. The first-order valence-corrected chi connectivity index (χ1v) is 11.5. The Morgan fingerprint density at radius 1 is 1.26 bits per heavy atom. The van der Waals surface area contributed by atoms with Gasteiger partial charge in [-0.15, -0.1) is 0 Å². The third-order valence-electron chi connectivity index (χ3n) is 8.72. The number of amides is 1. The molecule has 7 atom stereocenters. The number of phenolic OH excluding ortho intramolecular Hbond substituents is 2. The molecule has 1 amide bonds. The SMILES string of the molecule is COC(=O)c1ccc(O)c(NC(=O)CC[C@]2(C)C(=O)C=CC34C[C@@]5(C)O[C@@H](CC5[C@H]3O)C42)c1O. The lowest BCUT2D eigenvalue weighted by Crippen LogP contribution is -2.60. The number of benzene rings is 1. The van der Waals surface area contributed by atoms with E-state index in [1.54, 1.807) is 6.08 Å². The van der Waals surface area contributed by atoms with Crippen molar-refractivity contribution in [3.05, 3.63) is 29.8 Å². The molecule has 34 heavy (non-hydrogen) atoms. The van der Waals surface area contributed by atoms with E-state index >= 15 is 0 Å². The van der Waals surface area contributed by atoms with Gasteiger partial charge < -0.3 is 30.1 Å². The number of aliphatic hydroxyl groups excluding tert-OH is 1. The van der Waals surface area contributed by atoms with E-state index in [2.05, 4.69) is 10.1 Å². The number of allylic oxidation sites excluding steroid dienone is 1. The molecule has 3 unspecified atom stereocenters. The second kappa shape index (κ2) is 7.29. The normalized spacial score (nSPS) is 39.2. The average Bonchev–Trinajstić information content (AvgIpc) is 3.14. The van der Waals surface area contributed by atoms with Crippen molar-refractivity contribution in [3.63, 3.8) is 0 Å². The lowest BCUT2D eigenvalue weighted by molar-refractivity contribution is -0.179. The predicted molar refractivity (Wildman–Crippen MR) is 119 cm³/mol. The first kappa shape index (κ1) is 22.9. The summed E-state index contributed by atoms with van der Waals surface area (Å²) < 4.78 is 10.9. The summed E-state index contributed by atoms with van der Waals surface area (Å²) in [6.45, 7) is 3.86. The van der Waals surface area contributed by atoms with E-state index in [-0.39, 0.29) is 47.8 Å². The molecule has 4 fully saturated rings. The van der Waals surface area contributed by atoms with Crippen LogP contribution in [0.4, 0.5) is 5.69 Å². The average molecular weight is 472 g/mol. The van der Waals surface area contributed by atoms with E-state index in [9.17, 15) is 29.7 Å². The summed E-state index contributed by atoms with van der Waals surface area (Å²) in [5, 5.41) is 34.1. The summed E-state index contributed by atoms with van der Waals surface area (Å²) in [7, 11) is 1.15. The Balaban J connectivity index is 1.37. The molecule has 9 nitrogen and oxygen atoms in total. The fourth-order valence-electron chi connectivity index (χ4n) is 7.22. The number of carbonyl (C=O) groups is 3. The second-order valence-corrected chi connectivity index (χ2v) is 10.5. The van der Waals surface area contributed by atoms with Crippen LogP contribution in [0.5, 0.6) is 11.5 Å². The van der Waals surface area contributed by atoms with Crippen molar-refractivity contribution in [2.45, 2.75) is 57.3 Å². The lowest BCUT2D eigenvalue weighted by Gasteiger charge is -2.56. The number of methoxy groups -OCH3 is 1. The van der Waals surface area contributed by atoms with Gasteiger partial charge >= 0.3 is 5.97 Å². The van der Waals surface area contributed by atoms with E-state index in [1.165, 1.54) is 12.1 Å². The van der Waals surface area contributed by atoms with Crippen molar-refractivity contribution in [1.82, 2.24) is 0 Å². The predicted octanol–water partition coefficient (Wildman–Crippen LogP) is 2.29. The number of ketones is 1. The monoisotopic (exact) mass is 471 g/mol. The minimum Gasteiger partial charge on any atom is -0.506 e. The molecule has 5 aliphatic rings. The number of aliphatic hydroxyl groups is 1. The first-order chi connectivity index (χ1) is 16.0. The zero-order valence-electron chi connectivity index (χ0n) is 19.3. The van der Waals surface area contributed by atoms with Gasteiger partial charge in [0.25, 0.3) is 0 Å². The molecule has 2 saturated heterocycles. The van der Waals surface area contributed by atoms with Crippen molar-refractivity contribution in [2.75, 3.05) is 12.4 Å². The van der Waals surface area contributed by atoms with Gasteiger partial charge in [-0.3, -0.25) is 9.59 Å². The van der Waals surface area contributed by atoms with Crippen LogP contribution in [-0.4, -0.2) is 57.9 Å². The van der Waals surface area contributed by atoms with E-state index in [0.717, 1.165) is 7.11 Å². The second-order valence-electron chi connectivity index (χ2n) is 10.5. The van der Waals surface area contributed by atoms with Crippen molar-refractivity contribution < 1.29 is 39.2 Å². The van der Waals surface area contributed by atoms with Gasteiger partial charge in [-0.05, 0) is 44.4 Å². The molecular weight excluding hydrogens is 442 g/mol. The topological polar surface area (TPSA) is 142 Å². The van der Waals surface area contributed by atoms with Crippen molar-refractivity contribution in [1.29, 1.82) is 0 Å². The number of carbonyl (C=O) groups excluding carboxylic acids is 3. The molecule has 4 N–H and O–H groups in total. The zero-order chi connectivity index (χ0) is 24.6. The fourth-order valence-corrected chi connectivity index (χ4v) is 7.22. The number of hydrogen-bond donors (Lipinski definition) is 4. The molecular formula is C25H29NO8. The van der Waals surface area contributed by atoms with Gasteiger partial charge in [0.15, 0.2) is 11.5 Å². The van der Waals surface area contributed by atoms with Crippen LogP contribution in [0.3, 0.4) is 0 Å². The van der Waals surface area contributed by atoms with E-state index in [1.807, 2.05) is 19.9 Å². The Morgan fingerprint density at radius 2 is 2.00 bits per heavy atom. The van der Waals surface area contributed by atoms with Crippen LogP contribution >= 0.6 is 0 Å². The Bertz CT molecular complexity index is 1130. The van der Waals surface area contributed by atoms with Crippen molar-refractivity contribution >= 4 is 23.3 Å². The zero-order valence-corrected chi connectivity index (χ0v) is 19.3. The molecule has 182 valence electrons. The molecule has 1 spiro atoms. The highest BCUT2D eigenvalue weighted by molar-refractivity contribution is 6.01. The largest absolute Gasteiger partial charge is 0.506 e. The Hall–Kier alpha value is -2.91. The minimum absolute atomic E-state index is 0.0344. The van der Waals surface area contributed by atoms with Gasteiger partial charge in [-0.2, -0.15) is 0 Å². The van der Waals surface area contributed by atoms with Crippen LogP contribution in [0, 0.1) is 22.7 Å². The quantitative estimate of drug-likeness (QED) is 0.378. The number of nitrogens with one attached hydrogen (secondary N) is 1. The summed E-state index contributed by atoms with van der Waals surface area (Å²) >= 11 is 0. The van der Waals surface area contributed by atoms with Crippen LogP contribution < -0.4 is 5.32 Å². The van der Waals surface area contributed by atoms with E-state index < -0.39 is 45.9 Å². The third-order valence-corrected chi connectivity index (χ3v) is 8.72. The van der Waals surface area contributed by atoms with Crippen LogP contribution in [0.15, 0.2) is 24.3 Å². The molecule has 2 heterocycles. The Kier molecular flexibility index (Phi) is 4.90. The maximum atomic E-state index is 13.1. The molecule has 2 saturated carbocycles. The molecule has 1 aromatic rings. The molecule has 0 aromatic heterocycles. The highest BCUT2D eigenvalue weighted by Crippen LogP contribution is 2.71. The molecule has 9 heteroatoms. The van der Waals surface area contributed by atoms with Crippen LogP contribution in [-0.2, 0) is 19.1 Å². The molecule has 3 aliphatic carbocycles. The van der Waals surface area contributed by atoms with E-state index in [4.69, 9.17) is 4.74 Å². The number of anilines is 1. The van der Waals surface area contributed by atoms with Gasteiger partial charge in [0.1, 0.15) is 17.0 Å². The molecule has 6 rings (SSSR count). The number of rotatable bonds is 5. The molecule has 1 aromatic carbocycles. The summed E-state index contributed by atoms with van der Waals surface area (Å²) in [6.07, 6.45) is 4.09. The summed E-state index contributed by atoms with van der Waals surface area (Å²) in [5.74, 6) is -2.69. The van der Waals surface area contributed by atoms with E-state index in [0.29, 0.717) is 12.8 Å². The number of esters is 1. The summed E-state index contributed by atoms with van der Waals surface area (Å²) in [5.41, 5.74) is -2.37. The fraction of sp³-hybridized carbons (Fsp3) is 0.560. The number of hydrogen-bond acceptors (Lipinski definition) is 8. The highest BCUT2D eigenvalue weighted by Gasteiger charge is 2.75.